The van der Waals surface area contributed by atoms with Crippen molar-refractivity contribution < 1.29 is 13.9 Å². The van der Waals surface area contributed by atoms with Gasteiger partial charge in [-0.05, 0) is 46.5 Å². The molecule has 0 N–H and O–H groups in total. The van der Waals surface area contributed by atoms with Crippen LogP contribution >= 0.6 is 0 Å². The minimum absolute atomic E-state index is 0.600. The van der Waals surface area contributed by atoms with Gasteiger partial charge in [0.15, 0.2) is 0 Å². The van der Waals surface area contributed by atoms with Crippen LogP contribution in [0.3, 0.4) is 0 Å². The lowest BCUT2D eigenvalue weighted by molar-refractivity contribution is 0.262. The minimum atomic E-state index is 0.600. The van der Waals surface area contributed by atoms with Gasteiger partial charge in [-0.1, -0.05) is 0 Å². The standard InChI is InChI=1S/C20H29N3O3/c1-13-18(24-5)8-7-16(19(13)25-6)20-21-17(14(2)26-20)12-23-10-9-15(11-23)22(3)4/h7-8,15H,9-12H2,1-6H3/t15-/m1/s1. The molecule has 1 aliphatic rings. The molecule has 1 aromatic heterocycles. The number of rotatable bonds is 6. The number of likely N-dealkylation sites (tertiary alicyclic amines) is 1. The molecule has 0 aliphatic carbocycles. The second kappa shape index (κ2) is 7.68. The SMILES string of the molecule is COc1ccc(-c2nc(CN3CC[C@@H](N(C)C)C3)c(C)o2)c(OC)c1C. The zero-order chi connectivity index (χ0) is 18.8. The number of hydrogen-bond donors (Lipinski definition) is 0. The number of likely N-dealkylation sites (N-methyl/N-ethyl adjacent to an activating group) is 1. The molecule has 0 spiro atoms. The Morgan fingerprint density at radius 3 is 2.62 bits per heavy atom. The zero-order valence-electron chi connectivity index (χ0n) is 16.6. The summed E-state index contributed by atoms with van der Waals surface area (Å²) < 4.78 is 17.0. The number of oxazole rings is 1. The molecule has 26 heavy (non-hydrogen) atoms. The zero-order valence-corrected chi connectivity index (χ0v) is 16.6. The van der Waals surface area contributed by atoms with E-state index >= 15 is 0 Å². The molecule has 6 heteroatoms. The molecular formula is C20H29N3O3. The Kier molecular flexibility index (Phi) is 5.53. The van der Waals surface area contributed by atoms with Crippen LogP contribution < -0.4 is 9.47 Å². The van der Waals surface area contributed by atoms with Gasteiger partial charge in [-0.15, -0.1) is 0 Å². The topological polar surface area (TPSA) is 51.0 Å². The van der Waals surface area contributed by atoms with Crippen molar-refractivity contribution in [3.63, 3.8) is 0 Å². The molecule has 1 aliphatic heterocycles. The van der Waals surface area contributed by atoms with Gasteiger partial charge in [0.1, 0.15) is 17.3 Å². The van der Waals surface area contributed by atoms with E-state index < -0.39 is 0 Å². The van der Waals surface area contributed by atoms with Gasteiger partial charge in [-0.3, -0.25) is 4.90 Å². The Labute approximate surface area is 155 Å². The summed E-state index contributed by atoms with van der Waals surface area (Å²) >= 11 is 0. The largest absolute Gasteiger partial charge is 0.496 e. The number of methoxy groups -OCH3 is 2. The van der Waals surface area contributed by atoms with Crippen LogP contribution in [0.25, 0.3) is 11.5 Å². The van der Waals surface area contributed by atoms with E-state index in [1.807, 2.05) is 26.0 Å². The van der Waals surface area contributed by atoms with E-state index in [1.165, 1.54) is 6.42 Å². The maximum atomic E-state index is 5.99. The van der Waals surface area contributed by atoms with Gasteiger partial charge in [-0.2, -0.15) is 0 Å². The Morgan fingerprint density at radius 1 is 1.23 bits per heavy atom. The Balaban J connectivity index is 1.84. The monoisotopic (exact) mass is 359 g/mol. The van der Waals surface area contributed by atoms with Crippen LogP contribution in [-0.4, -0.2) is 62.2 Å². The second-order valence-corrected chi connectivity index (χ2v) is 7.14. The van der Waals surface area contributed by atoms with E-state index in [4.69, 9.17) is 18.9 Å². The molecule has 3 rings (SSSR count). The smallest absolute Gasteiger partial charge is 0.230 e. The van der Waals surface area contributed by atoms with Crippen molar-refractivity contribution in [3.8, 4) is 23.0 Å². The molecule has 0 radical (unpaired) electrons. The first-order valence-electron chi connectivity index (χ1n) is 9.01. The molecule has 2 aromatic rings. The Morgan fingerprint density at radius 2 is 2.00 bits per heavy atom. The van der Waals surface area contributed by atoms with Crippen molar-refractivity contribution in [2.75, 3.05) is 41.4 Å². The predicted octanol–water partition coefficient (Wildman–Crippen LogP) is 3.11. The normalized spacial score (nSPS) is 17.9. The molecule has 0 amide bonds. The molecule has 6 nitrogen and oxygen atoms in total. The van der Waals surface area contributed by atoms with Crippen molar-refractivity contribution in [2.45, 2.75) is 32.9 Å². The van der Waals surface area contributed by atoms with Crippen LogP contribution in [0.5, 0.6) is 11.5 Å². The van der Waals surface area contributed by atoms with Crippen molar-refractivity contribution in [2.24, 2.45) is 0 Å². The van der Waals surface area contributed by atoms with E-state index in [9.17, 15) is 0 Å². The van der Waals surface area contributed by atoms with Gasteiger partial charge in [0.2, 0.25) is 5.89 Å². The number of nitrogens with zero attached hydrogens (tertiary/aromatic N) is 3. The van der Waals surface area contributed by atoms with Gasteiger partial charge in [0, 0.05) is 31.2 Å². The van der Waals surface area contributed by atoms with Gasteiger partial charge < -0.3 is 18.8 Å². The summed E-state index contributed by atoms with van der Waals surface area (Å²) in [6.45, 7) is 6.93. The Hall–Kier alpha value is -2.05. The third-order valence-corrected chi connectivity index (χ3v) is 5.25. The molecule has 1 fully saturated rings. The summed E-state index contributed by atoms with van der Waals surface area (Å²) in [7, 11) is 7.61. The van der Waals surface area contributed by atoms with Crippen LogP contribution in [0.4, 0.5) is 0 Å². The molecule has 0 bridgehead atoms. The molecule has 142 valence electrons. The fourth-order valence-corrected chi connectivity index (χ4v) is 3.61. The van der Waals surface area contributed by atoms with E-state index in [-0.39, 0.29) is 0 Å². The number of hydrogen-bond acceptors (Lipinski definition) is 6. The highest BCUT2D eigenvalue weighted by Gasteiger charge is 2.26. The third-order valence-electron chi connectivity index (χ3n) is 5.25. The van der Waals surface area contributed by atoms with E-state index in [1.54, 1.807) is 14.2 Å². The highest BCUT2D eigenvalue weighted by atomic mass is 16.5. The van der Waals surface area contributed by atoms with E-state index in [0.29, 0.717) is 11.9 Å². The van der Waals surface area contributed by atoms with Crippen molar-refractivity contribution in [1.82, 2.24) is 14.8 Å². The summed E-state index contributed by atoms with van der Waals surface area (Å²) in [4.78, 5) is 9.51. The lowest BCUT2D eigenvalue weighted by atomic mass is 10.1. The highest BCUT2D eigenvalue weighted by molar-refractivity contribution is 5.68. The summed E-state index contributed by atoms with van der Waals surface area (Å²) in [5.41, 5.74) is 2.79. The summed E-state index contributed by atoms with van der Waals surface area (Å²) in [5.74, 6) is 3.00. The average molecular weight is 359 g/mol. The fraction of sp³-hybridized carbons (Fsp3) is 0.550. The summed E-state index contributed by atoms with van der Waals surface area (Å²) in [6, 6.07) is 4.48. The summed E-state index contributed by atoms with van der Waals surface area (Å²) in [6.07, 6.45) is 1.20. The minimum Gasteiger partial charge on any atom is -0.496 e. The van der Waals surface area contributed by atoms with E-state index in [0.717, 1.165) is 53.7 Å². The predicted molar refractivity (Wildman–Crippen MR) is 102 cm³/mol. The van der Waals surface area contributed by atoms with E-state index in [2.05, 4.69) is 23.9 Å². The number of aryl methyl sites for hydroxylation is 1. The first-order chi connectivity index (χ1) is 12.4. The first kappa shape index (κ1) is 18.7. The lowest BCUT2D eigenvalue weighted by Gasteiger charge is -2.19. The van der Waals surface area contributed by atoms with Gasteiger partial charge >= 0.3 is 0 Å². The van der Waals surface area contributed by atoms with Crippen LogP contribution in [-0.2, 0) is 6.54 Å². The third kappa shape index (κ3) is 3.57. The average Bonchev–Trinajstić information content (AvgIpc) is 3.22. The molecule has 2 heterocycles. The number of ether oxygens (including phenoxy) is 2. The van der Waals surface area contributed by atoms with Crippen LogP contribution in [0.1, 0.15) is 23.4 Å². The maximum absolute atomic E-state index is 5.99. The number of aromatic nitrogens is 1. The molecule has 1 aromatic carbocycles. The first-order valence-corrected chi connectivity index (χ1v) is 9.01. The molecule has 1 saturated heterocycles. The van der Waals surface area contributed by atoms with Crippen LogP contribution in [0.15, 0.2) is 16.5 Å². The molecule has 0 saturated carbocycles. The molecule has 1 atom stereocenters. The number of benzene rings is 1. The van der Waals surface area contributed by atoms with Crippen LogP contribution in [0, 0.1) is 13.8 Å². The second-order valence-electron chi connectivity index (χ2n) is 7.14. The molecule has 0 unspecified atom stereocenters. The highest BCUT2D eigenvalue weighted by Crippen LogP contribution is 2.38. The lowest BCUT2D eigenvalue weighted by Crippen LogP contribution is -2.31. The van der Waals surface area contributed by atoms with Crippen molar-refractivity contribution >= 4 is 0 Å². The maximum Gasteiger partial charge on any atom is 0.230 e. The van der Waals surface area contributed by atoms with Gasteiger partial charge in [0.25, 0.3) is 0 Å². The van der Waals surface area contributed by atoms with Gasteiger partial charge in [0.05, 0.1) is 25.5 Å². The quantitative estimate of drug-likeness (QED) is 0.790. The molecular weight excluding hydrogens is 330 g/mol. The van der Waals surface area contributed by atoms with Crippen molar-refractivity contribution in [1.29, 1.82) is 0 Å². The Bertz CT molecular complexity index is 770. The summed E-state index contributed by atoms with van der Waals surface area (Å²) in [5, 5.41) is 0. The van der Waals surface area contributed by atoms with Crippen molar-refractivity contribution in [3.05, 3.63) is 29.2 Å². The van der Waals surface area contributed by atoms with Gasteiger partial charge in [-0.25, -0.2) is 4.98 Å². The fourth-order valence-electron chi connectivity index (χ4n) is 3.61. The van der Waals surface area contributed by atoms with Crippen LogP contribution in [0.2, 0.25) is 0 Å².